The number of aromatic hydroxyl groups is 1. The average molecular weight is 460 g/mol. The number of aliphatic imine (C=N–C) groups is 1. The molecule has 2 aromatic carbocycles. The van der Waals surface area contributed by atoms with Gasteiger partial charge in [0.1, 0.15) is 11.3 Å². The molecule has 0 unspecified atom stereocenters. The third-order valence-electron chi connectivity index (χ3n) is 4.33. The first-order valence-corrected chi connectivity index (χ1v) is 9.49. The molecule has 0 aliphatic carbocycles. The summed E-state index contributed by atoms with van der Waals surface area (Å²) >= 11 is 0. The first-order chi connectivity index (χ1) is 15.6. The normalized spacial score (nSPS) is 10.7. The van der Waals surface area contributed by atoms with E-state index in [4.69, 9.17) is 26.5 Å². The van der Waals surface area contributed by atoms with E-state index < -0.39 is 30.7 Å². The molecule has 0 spiro atoms. The number of nitrogens with one attached hydrogen (secondary N) is 1. The summed E-state index contributed by atoms with van der Waals surface area (Å²) in [4.78, 5) is 35.7. The summed E-state index contributed by atoms with van der Waals surface area (Å²) in [6, 6.07) is 11.1. The molecule has 0 aromatic heterocycles. The second-order valence-electron chi connectivity index (χ2n) is 6.75. The van der Waals surface area contributed by atoms with Gasteiger partial charge in [0.05, 0.1) is 18.9 Å². The molecule has 0 saturated carbocycles. The van der Waals surface area contributed by atoms with E-state index in [1.807, 2.05) is 0 Å². The van der Waals surface area contributed by atoms with Gasteiger partial charge in [0.25, 0.3) is 6.47 Å². The number of para-hydroxylation sites is 1. The topological polar surface area (TPSA) is 229 Å². The lowest BCUT2D eigenvalue weighted by atomic mass is 9.75. The third kappa shape index (κ3) is 9.29. The maximum absolute atomic E-state index is 12.3. The third-order valence-corrected chi connectivity index (χ3v) is 4.33. The molecule has 0 radical (unpaired) electrons. The fourth-order valence-electron chi connectivity index (χ4n) is 2.78. The number of amides is 1. The van der Waals surface area contributed by atoms with Crippen molar-refractivity contribution in [2.75, 3.05) is 0 Å². The Labute approximate surface area is 189 Å². The first kappa shape index (κ1) is 26.9. The number of hydrogen-bond acceptors (Lipinski definition) is 7. The van der Waals surface area contributed by atoms with Gasteiger partial charge in [0.15, 0.2) is 5.96 Å². The van der Waals surface area contributed by atoms with Crippen LogP contribution in [-0.2, 0) is 29.0 Å². The van der Waals surface area contributed by atoms with E-state index >= 15 is 0 Å². The minimum Gasteiger partial charge on any atom is -0.507 e. The summed E-state index contributed by atoms with van der Waals surface area (Å²) in [6.07, 6.45) is -0.194. The van der Waals surface area contributed by atoms with Gasteiger partial charge in [-0.25, -0.2) is 9.79 Å². The van der Waals surface area contributed by atoms with Crippen LogP contribution in [0.1, 0.15) is 27.0 Å². The van der Waals surface area contributed by atoms with Crippen molar-refractivity contribution in [3.63, 3.8) is 0 Å². The molecule has 0 bridgehead atoms. The number of benzene rings is 2. The standard InChI is InChI=1S/C19H23BN4O6.CH2O2/c21-19(22)23-10-12-6-4-11(5-7-12)8-16(25)24-15(20(29)30)9-13-2-1-3-14(17(13)26)18(27)28;2-1-3/h1-7,15,26,29-30H,8-10H2,(H,24,25)(H,27,28)(H4,21,22,23);1H,(H,2,3)/t15-;/m0./s1. The second kappa shape index (κ2) is 13.3. The molecule has 1 atom stereocenters. The van der Waals surface area contributed by atoms with Gasteiger partial charge in [-0.3, -0.25) is 9.59 Å². The maximum atomic E-state index is 12.3. The predicted octanol–water partition coefficient (Wildman–Crippen LogP) is -1.15. The van der Waals surface area contributed by atoms with Crippen LogP contribution < -0.4 is 16.8 Å². The number of nitrogens with two attached hydrogens (primary N) is 2. The lowest BCUT2D eigenvalue weighted by Crippen LogP contribution is -2.48. The summed E-state index contributed by atoms with van der Waals surface area (Å²) in [6.45, 7) is 0.0620. The fourth-order valence-corrected chi connectivity index (χ4v) is 2.78. The predicted molar refractivity (Wildman–Crippen MR) is 119 cm³/mol. The van der Waals surface area contributed by atoms with Gasteiger partial charge in [-0.2, -0.15) is 0 Å². The van der Waals surface area contributed by atoms with Gasteiger partial charge >= 0.3 is 13.1 Å². The van der Waals surface area contributed by atoms with Crippen molar-refractivity contribution in [3.8, 4) is 5.75 Å². The summed E-state index contributed by atoms with van der Waals surface area (Å²) in [5, 5.41) is 47.8. The fraction of sp³-hybridized carbons (Fsp3) is 0.200. The van der Waals surface area contributed by atoms with Gasteiger partial charge in [-0.1, -0.05) is 36.4 Å². The van der Waals surface area contributed by atoms with Crippen LogP contribution in [0.3, 0.4) is 0 Å². The largest absolute Gasteiger partial charge is 0.507 e. The van der Waals surface area contributed by atoms with Crippen LogP contribution in [0.15, 0.2) is 47.5 Å². The minimum absolute atomic E-state index is 0.0209. The molecule has 33 heavy (non-hydrogen) atoms. The lowest BCUT2D eigenvalue weighted by molar-refractivity contribution is -0.123. The van der Waals surface area contributed by atoms with Crippen LogP contribution in [0, 0.1) is 0 Å². The zero-order valence-electron chi connectivity index (χ0n) is 17.5. The van der Waals surface area contributed by atoms with Crippen LogP contribution in [0.25, 0.3) is 0 Å². The quantitative estimate of drug-likeness (QED) is 0.0969. The van der Waals surface area contributed by atoms with Crippen LogP contribution >= 0.6 is 0 Å². The Morgan fingerprint density at radius 1 is 1.09 bits per heavy atom. The van der Waals surface area contributed by atoms with Crippen LogP contribution in [0.2, 0.25) is 0 Å². The summed E-state index contributed by atoms with van der Waals surface area (Å²) in [5.74, 6) is -3.44. The summed E-state index contributed by atoms with van der Waals surface area (Å²) in [7, 11) is -1.91. The van der Waals surface area contributed by atoms with E-state index in [0.717, 1.165) is 5.56 Å². The van der Waals surface area contributed by atoms with E-state index in [1.165, 1.54) is 18.2 Å². The minimum atomic E-state index is -1.91. The average Bonchev–Trinajstić information content (AvgIpc) is 2.74. The molecule has 0 aliphatic heterocycles. The van der Waals surface area contributed by atoms with Crippen molar-refractivity contribution in [2.24, 2.45) is 16.5 Å². The number of carbonyl (C=O) groups is 3. The molecule has 2 aromatic rings. The highest BCUT2D eigenvalue weighted by atomic mass is 16.4. The van der Waals surface area contributed by atoms with Crippen molar-refractivity contribution in [2.45, 2.75) is 25.3 Å². The molecular weight excluding hydrogens is 435 g/mol. The van der Waals surface area contributed by atoms with E-state index in [-0.39, 0.29) is 36.4 Å². The lowest BCUT2D eigenvalue weighted by Gasteiger charge is -2.19. The number of nitrogens with zero attached hydrogens (tertiary/aromatic N) is 1. The Morgan fingerprint density at radius 2 is 1.67 bits per heavy atom. The smallest absolute Gasteiger partial charge is 0.475 e. The highest BCUT2D eigenvalue weighted by molar-refractivity contribution is 6.43. The van der Waals surface area contributed by atoms with Gasteiger partial charge in [-0.15, -0.1) is 0 Å². The molecule has 176 valence electrons. The van der Waals surface area contributed by atoms with Gasteiger partial charge < -0.3 is 42.2 Å². The molecule has 0 aliphatic rings. The van der Waals surface area contributed by atoms with Crippen LogP contribution in [-0.4, -0.2) is 62.7 Å². The van der Waals surface area contributed by atoms with Crippen molar-refractivity contribution in [1.29, 1.82) is 0 Å². The highest BCUT2D eigenvalue weighted by Crippen LogP contribution is 2.24. The summed E-state index contributed by atoms with van der Waals surface area (Å²) < 4.78 is 0. The number of aromatic carboxylic acids is 1. The molecule has 0 saturated heterocycles. The number of carboxylic acid groups (broad SMARTS) is 2. The monoisotopic (exact) mass is 460 g/mol. The molecule has 0 heterocycles. The number of carbonyl (C=O) groups excluding carboxylic acids is 1. The number of carboxylic acids is 1. The molecular formula is C20H25BN4O8. The van der Waals surface area contributed by atoms with E-state index in [2.05, 4.69) is 10.3 Å². The first-order valence-electron chi connectivity index (χ1n) is 9.49. The SMILES string of the molecule is NC(N)=NCc1ccc(CC(=O)N[C@@H](Cc2cccc(C(=O)O)c2O)B(O)O)cc1.O=CO. The van der Waals surface area contributed by atoms with Crippen molar-refractivity contribution in [3.05, 3.63) is 64.7 Å². The van der Waals surface area contributed by atoms with E-state index in [1.54, 1.807) is 24.3 Å². The summed E-state index contributed by atoms with van der Waals surface area (Å²) in [5.41, 5.74) is 12.0. The Kier molecular flexibility index (Phi) is 10.9. The van der Waals surface area contributed by atoms with E-state index in [9.17, 15) is 24.7 Å². The zero-order chi connectivity index (χ0) is 25.0. The molecule has 10 N–H and O–H groups in total. The Bertz CT molecular complexity index is 979. The van der Waals surface area contributed by atoms with Crippen molar-refractivity contribution >= 4 is 31.4 Å². The molecule has 12 nitrogen and oxygen atoms in total. The molecule has 0 fully saturated rings. The number of rotatable bonds is 9. The Balaban J connectivity index is 0.00000172. The Hall–Kier alpha value is -4.10. The van der Waals surface area contributed by atoms with Crippen molar-refractivity contribution < 1.29 is 39.8 Å². The van der Waals surface area contributed by atoms with Gasteiger partial charge in [0.2, 0.25) is 5.91 Å². The number of phenols is 1. The maximum Gasteiger partial charge on any atom is 0.475 e. The molecule has 13 heteroatoms. The Morgan fingerprint density at radius 3 is 2.18 bits per heavy atom. The molecule has 1 amide bonds. The zero-order valence-corrected chi connectivity index (χ0v) is 17.5. The number of hydrogen-bond donors (Lipinski definition) is 8. The molecule has 2 rings (SSSR count). The van der Waals surface area contributed by atoms with Crippen molar-refractivity contribution in [1.82, 2.24) is 5.32 Å². The number of guanidine groups is 1. The second-order valence-corrected chi connectivity index (χ2v) is 6.75. The van der Waals surface area contributed by atoms with Crippen LogP contribution in [0.4, 0.5) is 0 Å². The highest BCUT2D eigenvalue weighted by Gasteiger charge is 2.27. The van der Waals surface area contributed by atoms with Gasteiger partial charge in [0, 0.05) is 0 Å². The van der Waals surface area contributed by atoms with E-state index in [0.29, 0.717) is 12.1 Å². The van der Waals surface area contributed by atoms with Crippen LogP contribution in [0.5, 0.6) is 5.75 Å². The van der Waals surface area contributed by atoms with Gasteiger partial charge in [-0.05, 0) is 29.2 Å².